The van der Waals surface area contributed by atoms with Crippen molar-refractivity contribution >= 4 is 99.5 Å². The predicted octanol–water partition coefficient (Wildman–Crippen LogP) is 22.4. The number of hydrogen-bond acceptors (Lipinski definition) is 28. The van der Waals surface area contributed by atoms with Gasteiger partial charge in [0.1, 0.15) is 108 Å². The van der Waals surface area contributed by atoms with Gasteiger partial charge in [-0.2, -0.15) is 0 Å². The lowest BCUT2D eigenvalue weighted by atomic mass is 9.88. The Labute approximate surface area is 844 Å². The Bertz CT molecular complexity index is 7570. The van der Waals surface area contributed by atoms with Crippen LogP contribution in [0.3, 0.4) is 0 Å². The third kappa shape index (κ3) is 23.5. The number of H-pyrrole nitrogens is 1. The van der Waals surface area contributed by atoms with Crippen LogP contribution in [0.15, 0.2) is 271 Å². The van der Waals surface area contributed by atoms with Crippen LogP contribution in [0.4, 0.5) is 0 Å². The van der Waals surface area contributed by atoms with E-state index >= 15 is 0 Å². The fraction of sp³-hybridized carbons (Fsp3) is 0.330. The second-order valence-corrected chi connectivity index (χ2v) is 39.6. The number of halogens is 2. The molecule has 5 N–H and O–H groups in total. The van der Waals surface area contributed by atoms with Crippen LogP contribution in [-0.2, 0) is 0 Å². The van der Waals surface area contributed by atoms with E-state index in [9.17, 15) is 25.2 Å². The number of nitrogens with zero attached hydrogens (tertiary/aromatic N) is 11. The number of aromatic amines is 1. The van der Waals surface area contributed by atoms with Gasteiger partial charge in [0.2, 0.25) is 11.8 Å². The maximum atomic E-state index is 12.5. The monoisotopic (exact) mass is 2000 g/mol. The van der Waals surface area contributed by atoms with Crippen molar-refractivity contribution in [2.75, 3.05) is 105 Å². The largest absolute Gasteiger partial charge is 0.490 e. The van der Waals surface area contributed by atoms with Gasteiger partial charge in [0, 0.05) is 91.6 Å². The number of piperidine rings is 4. The summed E-state index contributed by atoms with van der Waals surface area (Å²) in [4.78, 5) is 34.6. The fourth-order valence-corrected chi connectivity index (χ4v) is 21.2. The van der Waals surface area contributed by atoms with Gasteiger partial charge in [0.25, 0.3) is 23.6 Å². The Morgan fingerprint density at radius 2 is 0.806 bits per heavy atom. The van der Waals surface area contributed by atoms with Crippen LogP contribution >= 0.6 is 34.5 Å². The quantitative estimate of drug-likeness (QED) is 0.0291. The molecule has 0 unspecified atom stereocenters. The van der Waals surface area contributed by atoms with Gasteiger partial charge in [-0.3, -0.25) is 4.57 Å². The van der Waals surface area contributed by atoms with E-state index in [2.05, 4.69) is 123 Å². The summed E-state index contributed by atoms with van der Waals surface area (Å²) in [6.45, 7) is 20.2. The van der Waals surface area contributed by atoms with E-state index < -0.39 is 24.4 Å². The molecule has 10 aromatic heterocycles. The second kappa shape index (κ2) is 44.8. The number of likely N-dealkylation sites (tertiary alicyclic amines) is 4. The highest BCUT2D eigenvalue weighted by Crippen LogP contribution is 2.43. The van der Waals surface area contributed by atoms with Crippen molar-refractivity contribution in [3.63, 3.8) is 0 Å². The molecule has 29 nitrogen and oxygen atoms in total. The minimum absolute atomic E-state index is 0.0612. The molecule has 32 heteroatoms. The summed E-state index contributed by atoms with van der Waals surface area (Å²) in [6.07, 6.45) is 9.12. The number of furan rings is 4. The van der Waals surface area contributed by atoms with Gasteiger partial charge in [0.05, 0.1) is 55.0 Å². The Balaban J connectivity index is 0.000000117. The minimum atomic E-state index is -0.655. The Morgan fingerprint density at radius 3 is 1.26 bits per heavy atom. The van der Waals surface area contributed by atoms with Crippen molar-refractivity contribution in [2.24, 2.45) is 0 Å². The molecule has 23 rings (SSSR count). The molecule has 19 aromatic rings. The van der Waals surface area contributed by atoms with Crippen molar-refractivity contribution in [3.05, 3.63) is 296 Å². The van der Waals surface area contributed by atoms with Gasteiger partial charge >= 0.3 is 5.69 Å². The number of oxazole rings is 2. The SMILES string of the molecule is Cc1cnc(-c2cc3c(OC[C@@H](O)CN4CCC(c5cc6ccccc6s5)CC4)cccc3o2)o1.Cc1cnc(-c2cc3c(OC[C@@H](O)CN4CCC(c5ccc(C)c(C)c5)CC4)cccc3o2)o1.Cc1nnc(-c2cc3c(OC[C@@H](O)CN4CCC(n5c(=O)[nH]c6ccccc65)CC4)cccc3o2)o1.O[C@H](COc1cccc2oc(-c3nnc(-c4ccccc4)o3)cc12)CN1CCC(c2ccc(Cl)c(Cl)c2)CC1. The number of imidazole rings is 1. The molecule has 144 heavy (non-hydrogen) atoms. The minimum Gasteiger partial charge on any atom is -0.490 e. The first kappa shape index (κ1) is 97.9. The van der Waals surface area contributed by atoms with Crippen molar-refractivity contribution < 1.29 is 74.7 Å². The zero-order valence-corrected chi connectivity index (χ0v) is 83.0. The number of rotatable bonds is 29. The number of aryl methyl sites for hydroxylation is 5. The van der Waals surface area contributed by atoms with E-state index in [-0.39, 0.29) is 38.2 Å². The van der Waals surface area contributed by atoms with Crippen LogP contribution in [-0.4, -0.2) is 209 Å². The first-order valence-electron chi connectivity index (χ1n) is 49.1. The summed E-state index contributed by atoms with van der Waals surface area (Å²) >= 11 is 14.2. The molecular weight excluding hydrogens is 1890 g/mol. The third-order valence-electron chi connectivity index (χ3n) is 27.3. The van der Waals surface area contributed by atoms with Crippen molar-refractivity contribution in [3.8, 4) is 81.1 Å². The summed E-state index contributed by atoms with van der Waals surface area (Å²) in [6, 6.07) is 71.0. The molecule has 0 radical (unpaired) electrons. The fourth-order valence-electron chi connectivity index (χ4n) is 19.6. The normalized spacial score (nSPS) is 16.0. The molecule has 0 amide bonds. The van der Waals surface area contributed by atoms with Crippen LogP contribution in [0.2, 0.25) is 10.0 Å². The highest BCUT2D eigenvalue weighted by molar-refractivity contribution is 7.19. The van der Waals surface area contributed by atoms with E-state index in [4.69, 9.17) is 77.5 Å². The summed E-state index contributed by atoms with van der Waals surface area (Å²) in [5, 5.41) is 64.6. The van der Waals surface area contributed by atoms with E-state index in [0.29, 0.717) is 158 Å². The second-order valence-electron chi connectivity index (χ2n) is 37.7. The van der Waals surface area contributed by atoms with Gasteiger partial charge in [0.15, 0.2) is 23.0 Å². The molecule has 0 saturated carbocycles. The summed E-state index contributed by atoms with van der Waals surface area (Å²) < 4.78 is 73.3. The van der Waals surface area contributed by atoms with Gasteiger partial charge in [-0.05, 0) is 261 Å². The number of fused-ring (bicyclic) bond motifs is 6. The highest BCUT2D eigenvalue weighted by Gasteiger charge is 2.32. The summed E-state index contributed by atoms with van der Waals surface area (Å²) in [5.41, 5.74) is 10.6. The predicted molar refractivity (Wildman–Crippen MR) is 555 cm³/mol. The van der Waals surface area contributed by atoms with E-state index in [0.717, 1.165) is 153 Å². The molecule has 9 aromatic carbocycles. The smallest absolute Gasteiger partial charge is 0.326 e. The molecular formula is C112H114Cl2N12O17S. The van der Waals surface area contributed by atoms with Crippen molar-refractivity contribution in [1.82, 2.24) is 59.5 Å². The molecule has 0 aliphatic carbocycles. The van der Waals surface area contributed by atoms with Crippen LogP contribution in [0, 0.1) is 34.6 Å². The van der Waals surface area contributed by atoms with E-state index in [1.807, 2.05) is 187 Å². The highest BCUT2D eigenvalue weighted by atomic mass is 35.5. The number of benzene rings is 9. The molecule has 4 saturated heterocycles. The third-order valence-corrected chi connectivity index (χ3v) is 29.3. The van der Waals surface area contributed by atoms with E-state index in [1.165, 1.54) is 37.2 Å². The number of thiophene rings is 1. The van der Waals surface area contributed by atoms with Crippen molar-refractivity contribution in [1.29, 1.82) is 0 Å². The van der Waals surface area contributed by atoms with Crippen LogP contribution in [0.25, 0.3) is 123 Å². The molecule has 4 aliphatic heterocycles. The zero-order valence-electron chi connectivity index (χ0n) is 80.7. The number of nitrogens with one attached hydrogen (secondary N) is 1. The number of hydrogen-bond donors (Lipinski definition) is 5. The first-order chi connectivity index (χ1) is 70.2. The average Bonchev–Trinajstić information content (AvgIpc) is 1.65. The maximum Gasteiger partial charge on any atom is 0.326 e. The average molecular weight is 2000 g/mol. The van der Waals surface area contributed by atoms with E-state index in [1.54, 1.807) is 25.4 Å². The molecule has 0 spiro atoms. The Morgan fingerprint density at radius 1 is 0.389 bits per heavy atom. The number of ether oxygens (including phenoxy) is 4. The molecule has 0 bridgehead atoms. The van der Waals surface area contributed by atoms with Gasteiger partial charge < -0.3 is 99.3 Å². The first-order valence-corrected chi connectivity index (χ1v) is 50.7. The number of β-amino-alcohol motifs (C(OH)–C–C–N with tert-alkyl or cyclic N) is 4. The Kier molecular flexibility index (Phi) is 30.5. The molecule has 4 fully saturated rings. The zero-order chi connectivity index (χ0) is 98.9. The number of aromatic nitrogens is 8. The topological polar surface area (TPSA) is 351 Å². The van der Waals surface area contributed by atoms with Gasteiger partial charge in [-0.15, -0.1) is 31.7 Å². The molecule has 14 heterocycles. The van der Waals surface area contributed by atoms with Gasteiger partial charge in [-0.1, -0.05) is 120 Å². The number of para-hydroxylation sites is 2. The lowest BCUT2D eigenvalue weighted by Gasteiger charge is -2.33. The lowest BCUT2D eigenvalue weighted by molar-refractivity contribution is 0.0563. The van der Waals surface area contributed by atoms with Crippen LogP contribution < -0.4 is 24.6 Å². The lowest BCUT2D eigenvalue weighted by Crippen LogP contribution is -2.42. The summed E-state index contributed by atoms with van der Waals surface area (Å²) in [7, 11) is 0. The van der Waals surface area contributed by atoms with Crippen molar-refractivity contribution in [2.45, 2.75) is 134 Å². The maximum absolute atomic E-state index is 12.5. The molecule has 744 valence electrons. The van der Waals surface area contributed by atoms with Gasteiger partial charge in [-0.25, -0.2) is 14.8 Å². The molecule has 4 aliphatic rings. The standard InChI is InChI=1S/C30H27Cl2N3O4.C28H28N2O4S.C28H32N2O4.C26H27N5O5/c31-24-10-9-21(15-25(24)32)19-11-13-35(14-12-19)17-22(36)18-37-26-7-4-8-27-23(26)16-28(38-27)30-34-33-29(39-30)20-5-2-1-3-6-20;1-18-15-29-28(33-18)25-14-22-23(6-4-7-24(22)34-25)32-17-21(31)16-30-11-9-19(10-12-30)27-13-20-5-2-3-8-26(20)35-27;1-18-7-8-22(13-19(18)2)21-9-11-30(12-10-21)16-23(31)17-32-25-5-4-6-26-24(25)14-27(34-26)28-29-15-20(3)33-28;1-16-28-29-25(35-16)24-13-19-22(7-4-8-23(19)36-24)34-15-18(32)14-30-11-9-17(10-12-30)31-21-6-3-2-5-20(21)27-26(31)33/h1-10,15-16,19,22,36H,11-14,17-18H2;2-8,13-15,19,21,31H,9-12,16-17H2,1H3;4-8,13-15,21,23,31H,9-12,16-17H2,1-3H3;2-8,13,17-18,32H,9-12,14-15H2,1H3,(H,27,33)/t22-;21-;23-;18-/m0000/s1. The molecule has 4 atom stereocenters. The summed E-state index contributed by atoms with van der Waals surface area (Å²) in [5.74, 6) is 10.2. The van der Waals surface area contributed by atoms with Crippen LogP contribution in [0.5, 0.6) is 23.0 Å². The van der Waals surface area contributed by atoms with Crippen LogP contribution in [0.1, 0.15) is 120 Å². The Hall–Kier alpha value is -13.5. The number of aliphatic hydroxyl groups excluding tert-OH is 4. The number of aliphatic hydroxyl groups is 4.